The lowest BCUT2D eigenvalue weighted by atomic mass is 10.1. The predicted octanol–water partition coefficient (Wildman–Crippen LogP) is 2.71. The number of carbonyl (C=O) groups excluding carboxylic acids is 1. The van der Waals surface area contributed by atoms with E-state index in [4.69, 9.17) is 0 Å². The van der Waals surface area contributed by atoms with Crippen LogP contribution in [0.2, 0.25) is 0 Å². The van der Waals surface area contributed by atoms with Crippen LogP contribution in [0.15, 0.2) is 18.5 Å². The Kier molecular flexibility index (Phi) is 4.14. The summed E-state index contributed by atoms with van der Waals surface area (Å²) in [5.74, 6) is 0.721. The minimum atomic E-state index is 0.175. The lowest BCUT2D eigenvalue weighted by Gasteiger charge is -2.05. The first kappa shape index (κ1) is 11.2. The van der Waals surface area contributed by atoms with Crippen LogP contribution in [-0.4, -0.2) is 21.8 Å². The van der Waals surface area contributed by atoms with E-state index in [0.29, 0.717) is 11.0 Å². The first-order valence-corrected chi connectivity index (χ1v) is 5.71. The summed E-state index contributed by atoms with van der Waals surface area (Å²) < 4.78 is 0. The summed E-state index contributed by atoms with van der Waals surface area (Å²) >= 11 is 1.67. The van der Waals surface area contributed by atoms with Crippen molar-refractivity contribution < 1.29 is 4.79 Å². The monoisotopic (exact) mass is 209 g/mol. The van der Waals surface area contributed by atoms with E-state index in [1.807, 2.05) is 13.0 Å². The second-order valence-electron chi connectivity index (χ2n) is 3.47. The maximum atomic E-state index is 11.7. The first-order chi connectivity index (χ1) is 6.61. The molecule has 0 aliphatic carbocycles. The van der Waals surface area contributed by atoms with Gasteiger partial charge in [-0.3, -0.25) is 9.78 Å². The van der Waals surface area contributed by atoms with Gasteiger partial charge in [0.1, 0.15) is 0 Å². The molecule has 3 heteroatoms. The van der Waals surface area contributed by atoms with E-state index in [1.165, 1.54) is 0 Å². The summed E-state index contributed by atoms with van der Waals surface area (Å²) in [5.41, 5.74) is 1.76. The molecule has 0 fully saturated rings. The second kappa shape index (κ2) is 5.15. The molecular weight excluding hydrogens is 194 g/mol. The second-order valence-corrected chi connectivity index (χ2v) is 5.04. The van der Waals surface area contributed by atoms with E-state index in [0.717, 1.165) is 11.1 Å². The molecule has 0 unspecified atom stereocenters. The van der Waals surface area contributed by atoms with Crippen LogP contribution in [0.1, 0.15) is 29.8 Å². The van der Waals surface area contributed by atoms with Gasteiger partial charge in [-0.05, 0) is 23.8 Å². The Balaban J connectivity index is 2.65. The van der Waals surface area contributed by atoms with Crippen molar-refractivity contribution in [1.82, 2.24) is 4.98 Å². The van der Waals surface area contributed by atoms with Gasteiger partial charge >= 0.3 is 0 Å². The Morgan fingerprint density at radius 2 is 2.29 bits per heavy atom. The SMILES string of the molecule is Cc1ccncc1C(=O)CSC(C)C. The highest BCUT2D eigenvalue weighted by atomic mass is 32.2. The summed E-state index contributed by atoms with van der Waals surface area (Å²) in [4.78, 5) is 15.7. The van der Waals surface area contributed by atoms with Crippen molar-refractivity contribution in [2.45, 2.75) is 26.0 Å². The zero-order valence-electron chi connectivity index (χ0n) is 8.78. The molecule has 0 saturated carbocycles. The summed E-state index contributed by atoms with van der Waals surface area (Å²) in [5, 5.41) is 0.496. The van der Waals surface area contributed by atoms with Gasteiger partial charge in [0.2, 0.25) is 0 Å². The Bertz CT molecular complexity index is 323. The summed E-state index contributed by atoms with van der Waals surface area (Å²) in [6, 6.07) is 1.87. The molecule has 1 aromatic rings. The number of hydrogen-bond donors (Lipinski definition) is 0. The summed E-state index contributed by atoms with van der Waals surface area (Å²) in [6.07, 6.45) is 3.36. The molecule has 0 amide bonds. The van der Waals surface area contributed by atoms with E-state index >= 15 is 0 Å². The third-order valence-electron chi connectivity index (χ3n) is 1.89. The highest BCUT2D eigenvalue weighted by molar-refractivity contribution is 8.00. The smallest absolute Gasteiger partial charge is 0.174 e. The van der Waals surface area contributed by atoms with Gasteiger partial charge in [-0.25, -0.2) is 0 Å². The zero-order chi connectivity index (χ0) is 10.6. The molecule has 0 aromatic carbocycles. The van der Waals surface area contributed by atoms with Crippen molar-refractivity contribution in [2.75, 3.05) is 5.75 Å². The molecule has 0 bridgehead atoms. The number of aromatic nitrogens is 1. The van der Waals surface area contributed by atoms with E-state index in [1.54, 1.807) is 24.2 Å². The Labute approximate surface area is 89.1 Å². The Morgan fingerprint density at radius 3 is 2.86 bits per heavy atom. The fourth-order valence-corrected chi connectivity index (χ4v) is 1.72. The molecule has 0 saturated heterocycles. The molecule has 14 heavy (non-hydrogen) atoms. The summed E-state index contributed by atoms with van der Waals surface area (Å²) in [7, 11) is 0. The maximum absolute atomic E-state index is 11.7. The Morgan fingerprint density at radius 1 is 1.57 bits per heavy atom. The van der Waals surface area contributed by atoms with Crippen molar-refractivity contribution in [2.24, 2.45) is 0 Å². The van der Waals surface area contributed by atoms with Crippen molar-refractivity contribution in [3.05, 3.63) is 29.6 Å². The van der Waals surface area contributed by atoms with Gasteiger partial charge < -0.3 is 0 Å². The van der Waals surface area contributed by atoms with Crippen LogP contribution >= 0.6 is 11.8 Å². The lowest BCUT2D eigenvalue weighted by molar-refractivity contribution is 0.102. The molecule has 0 atom stereocenters. The number of aryl methyl sites for hydroxylation is 1. The van der Waals surface area contributed by atoms with Crippen LogP contribution in [0.3, 0.4) is 0 Å². The van der Waals surface area contributed by atoms with E-state index < -0.39 is 0 Å². The van der Waals surface area contributed by atoms with Crippen LogP contribution in [0, 0.1) is 6.92 Å². The number of rotatable bonds is 4. The summed E-state index contributed by atoms with van der Waals surface area (Å²) in [6.45, 7) is 6.12. The maximum Gasteiger partial charge on any atom is 0.174 e. The van der Waals surface area contributed by atoms with Crippen LogP contribution in [-0.2, 0) is 0 Å². The molecule has 0 aliphatic heterocycles. The highest BCUT2D eigenvalue weighted by Crippen LogP contribution is 2.13. The topological polar surface area (TPSA) is 30.0 Å². The van der Waals surface area contributed by atoms with Gasteiger partial charge in [-0.1, -0.05) is 13.8 Å². The number of pyridine rings is 1. The molecule has 1 heterocycles. The van der Waals surface area contributed by atoms with Crippen LogP contribution in [0.5, 0.6) is 0 Å². The normalized spacial score (nSPS) is 10.6. The van der Waals surface area contributed by atoms with E-state index in [2.05, 4.69) is 18.8 Å². The highest BCUT2D eigenvalue weighted by Gasteiger charge is 2.09. The number of nitrogens with zero attached hydrogens (tertiary/aromatic N) is 1. The van der Waals surface area contributed by atoms with Gasteiger partial charge in [0.15, 0.2) is 5.78 Å². The molecule has 0 radical (unpaired) electrons. The average Bonchev–Trinajstić information content (AvgIpc) is 2.15. The van der Waals surface area contributed by atoms with Crippen LogP contribution in [0.4, 0.5) is 0 Å². The third kappa shape index (κ3) is 3.14. The number of carbonyl (C=O) groups is 1. The van der Waals surface area contributed by atoms with Gasteiger partial charge in [0.05, 0.1) is 5.75 Å². The minimum absolute atomic E-state index is 0.175. The van der Waals surface area contributed by atoms with Crippen molar-refractivity contribution >= 4 is 17.5 Å². The standard InChI is InChI=1S/C11H15NOS/c1-8(2)14-7-11(13)10-6-12-5-4-9(10)3/h4-6,8H,7H2,1-3H3. The molecule has 0 N–H and O–H groups in total. The first-order valence-electron chi connectivity index (χ1n) is 4.66. The quantitative estimate of drug-likeness (QED) is 0.714. The van der Waals surface area contributed by atoms with E-state index in [9.17, 15) is 4.79 Å². The lowest BCUT2D eigenvalue weighted by Crippen LogP contribution is -2.07. The molecule has 0 spiro atoms. The predicted molar refractivity (Wildman–Crippen MR) is 60.9 cm³/mol. The van der Waals surface area contributed by atoms with Crippen molar-refractivity contribution in [3.8, 4) is 0 Å². The molecule has 1 rings (SSSR count). The third-order valence-corrected chi connectivity index (χ3v) is 2.98. The molecule has 0 aliphatic rings. The van der Waals surface area contributed by atoms with Gasteiger partial charge in [-0.15, -0.1) is 0 Å². The van der Waals surface area contributed by atoms with Gasteiger partial charge in [0, 0.05) is 18.0 Å². The van der Waals surface area contributed by atoms with Crippen molar-refractivity contribution in [3.63, 3.8) is 0 Å². The number of ketones is 1. The molecule has 76 valence electrons. The molecule has 2 nitrogen and oxygen atoms in total. The van der Waals surface area contributed by atoms with Crippen LogP contribution in [0.25, 0.3) is 0 Å². The zero-order valence-corrected chi connectivity index (χ0v) is 9.60. The van der Waals surface area contributed by atoms with Gasteiger partial charge in [0.25, 0.3) is 0 Å². The number of hydrogen-bond acceptors (Lipinski definition) is 3. The van der Waals surface area contributed by atoms with Crippen LogP contribution < -0.4 is 0 Å². The fourth-order valence-electron chi connectivity index (χ4n) is 1.08. The Hall–Kier alpha value is -0.830. The minimum Gasteiger partial charge on any atom is -0.293 e. The van der Waals surface area contributed by atoms with E-state index in [-0.39, 0.29) is 5.78 Å². The fraction of sp³-hybridized carbons (Fsp3) is 0.455. The largest absolute Gasteiger partial charge is 0.293 e. The average molecular weight is 209 g/mol. The van der Waals surface area contributed by atoms with Gasteiger partial charge in [-0.2, -0.15) is 11.8 Å². The van der Waals surface area contributed by atoms with Crippen molar-refractivity contribution in [1.29, 1.82) is 0 Å². The molecular formula is C11H15NOS. The number of Topliss-reactive ketones (excluding diaryl/α,β-unsaturated/α-hetero) is 1. The number of thioether (sulfide) groups is 1. The molecule has 1 aromatic heterocycles.